The lowest BCUT2D eigenvalue weighted by atomic mass is 9.33. The molecule has 3 heterocycles. The van der Waals surface area contributed by atoms with Gasteiger partial charge in [-0.2, -0.15) is 0 Å². The standard InChI is InChI=1S/C37H24BFN2S/c1-22-10-2-3-11-24(22)26-13-8-14-27-36(26)40-30-20-23(25-12-4-5-16-29(25)39)21-32-35(30)38(27)28-15-9-19-34-37(28)41(32)31-17-6-7-18-33(31)42-34/h2-21,40H,1H3. The predicted octanol–water partition coefficient (Wildman–Crippen LogP) is 8.29. The van der Waals surface area contributed by atoms with E-state index in [-0.39, 0.29) is 12.5 Å². The van der Waals surface area contributed by atoms with Gasteiger partial charge >= 0.3 is 0 Å². The molecule has 0 amide bonds. The van der Waals surface area contributed by atoms with E-state index in [1.54, 1.807) is 12.1 Å². The van der Waals surface area contributed by atoms with E-state index < -0.39 is 0 Å². The van der Waals surface area contributed by atoms with Gasteiger partial charge < -0.3 is 10.2 Å². The third-order valence-electron chi connectivity index (χ3n) is 8.87. The first-order valence-electron chi connectivity index (χ1n) is 14.3. The summed E-state index contributed by atoms with van der Waals surface area (Å²) in [6, 6.07) is 41.9. The molecule has 0 aromatic heterocycles. The molecule has 6 aromatic carbocycles. The second-order valence-electron chi connectivity index (χ2n) is 11.2. The van der Waals surface area contributed by atoms with Crippen molar-refractivity contribution >= 4 is 63.3 Å². The molecule has 0 aliphatic carbocycles. The van der Waals surface area contributed by atoms with Gasteiger partial charge in [-0.25, -0.2) is 4.39 Å². The molecule has 1 N–H and O–H groups in total. The third kappa shape index (κ3) is 3.29. The van der Waals surface area contributed by atoms with Crippen LogP contribution in [-0.4, -0.2) is 6.71 Å². The number of rotatable bonds is 2. The number of hydrogen-bond acceptors (Lipinski definition) is 3. The zero-order valence-corrected chi connectivity index (χ0v) is 23.7. The molecule has 0 atom stereocenters. The summed E-state index contributed by atoms with van der Waals surface area (Å²) in [4.78, 5) is 4.87. The normalized spacial score (nSPS) is 13.5. The summed E-state index contributed by atoms with van der Waals surface area (Å²) < 4.78 is 15.3. The molecule has 0 fully saturated rings. The zero-order valence-electron chi connectivity index (χ0n) is 22.9. The molecule has 3 aliphatic heterocycles. The van der Waals surface area contributed by atoms with Gasteiger partial charge in [0.2, 0.25) is 0 Å². The van der Waals surface area contributed by atoms with Gasteiger partial charge in [0.15, 0.2) is 0 Å². The molecule has 0 saturated heterocycles. The summed E-state index contributed by atoms with van der Waals surface area (Å²) in [6.07, 6.45) is 0. The maximum atomic E-state index is 15.3. The number of aryl methyl sites for hydroxylation is 1. The van der Waals surface area contributed by atoms with Gasteiger partial charge in [-0.1, -0.05) is 96.7 Å². The summed E-state index contributed by atoms with van der Waals surface area (Å²) >= 11 is 1.83. The monoisotopic (exact) mass is 558 g/mol. The predicted molar refractivity (Wildman–Crippen MR) is 175 cm³/mol. The Balaban J connectivity index is 1.39. The Morgan fingerprint density at radius 2 is 1.38 bits per heavy atom. The minimum atomic E-state index is -0.218. The van der Waals surface area contributed by atoms with Crippen LogP contribution in [0.25, 0.3) is 22.3 Å². The minimum Gasteiger partial charge on any atom is -0.356 e. The van der Waals surface area contributed by atoms with E-state index >= 15 is 4.39 Å². The van der Waals surface area contributed by atoms with Crippen molar-refractivity contribution in [2.24, 2.45) is 0 Å². The summed E-state index contributed by atoms with van der Waals surface area (Å²) in [6.45, 7) is 2.21. The van der Waals surface area contributed by atoms with E-state index in [0.717, 1.165) is 28.3 Å². The van der Waals surface area contributed by atoms with Crippen LogP contribution < -0.4 is 26.6 Å². The number of para-hydroxylation sites is 3. The Labute approximate surface area is 248 Å². The summed E-state index contributed by atoms with van der Waals surface area (Å²) in [7, 11) is 0. The zero-order chi connectivity index (χ0) is 27.9. The molecule has 0 saturated carbocycles. The molecule has 0 bridgehead atoms. The Kier molecular flexibility index (Phi) is 5.06. The lowest BCUT2D eigenvalue weighted by Gasteiger charge is -2.44. The smallest absolute Gasteiger partial charge is 0.252 e. The van der Waals surface area contributed by atoms with E-state index in [2.05, 4.69) is 114 Å². The lowest BCUT2D eigenvalue weighted by Crippen LogP contribution is -2.60. The topological polar surface area (TPSA) is 15.3 Å². The SMILES string of the molecule is Cc1ccccc1-c1cccc2c1Nc1cc(-c3ccccc3F)cc3c1B2c1cccc2c1N3c1ccccc1S2. The summed E-state index contributed by atoms with van der Waals surface area (Å²) in [5.74, 6) is -0.218. The van der Waals surface area contributed by atoms with Gasteiger partial charge in [0.1, 0.15) is 5.82 Å². The highest BCUT2D eigenvalue weighted by atomic mass is 32.2. The van der Waals surface area contributed by atoms with E-state index in [0.29, 0.717) is 5.56 Å². The van der Waals surface area contributed by atoms with Gasteiger partial charge in [0.05, 0.1) is 11.4 Å². The molecule has 0 spiro atoms. The van der Waals surface area contributed by atoms with Gasteiger partial charge in [-0.05, 0) is 76.4 Å². The van der Waals surface area contributed by atoms with Crippen LogP contribution in [0, 0.1) is 12.7 Å². The Hall–Kier alpha value is -4.74. The van der Waals surface area contributed by atoms with Gasteiger partial charge in [-0.15, -0.1) is 0 Å². The van der Waals surface area contributed by atoms with Crippen LogP contribution >= 0.6 is 11.8 Å². The van der Waals surface area contributed by atoms with Crippen LogP contribution in [0.15, 0.2) is 131 Å². The second kappa shape index (κ2) is 8.88. The first-order chi connectivity index (χ1) is 20.7. The Bertz CT molecular complexity index is 2110. The van der Waals surface area contributed by atoms with Gasteiger partial charge in [0.25, 0.3) is 6.71 Å². The number of nitrogens with zero attached hydrogens (tertiary/aromatic N) is 1. The highest BCUT2D eigenvalue weighted by Gasteiger charge is 2.44. The molecule has 0 unspecified atom stereocenters. The van der Waals surface area contributed by atoms with Crippen LogP contribution in [0.5, 0.6) is 0 Å². The number of nitrogens with one attached hydrogen (secondary N) is 1. The third-order valence-corrected chi connectivity index (χ3v) is 9.98. The average Bonchev–Trinajstić information content (AvgIpc) is 3.02. The first kappa shape index (κ1) is 23.9. The van der Waals surface area contributed by atoms with Crippen molar-refractivity contribution in [3.05, 3.63) is 133 Å². The number of anilines is 5. The molecular weight excluding hydrogens is 534 g/mol. The fourth-order valence-corrected chi connectivity index (χ4v) is 8.15. The van der Waals surface area contributed by atoms with Crippen molar-refractivity contribution in [1.82, 2.24) is 0 Å². The fraction of sp³-hybridized carbons (Fsp3) is 0.0270. The Morgan fingerprint density at radius 1 is 0.667 bits per heavy atom. The second-order valence-corrected chi connectivity index (χ2v) is 12.3. The molecule has 6 aromatic rings. The number of fused-ring (bicyclic) bond motifs is 6. The van der Waals surface area contributed by atoms with Crippen molar-refractivity contribution in [2.45, 2.75) is 16.7 Å². The molecule has 42 heavy (non-hydrogen) atoms. The van der Waals surface area contributed by atoms with Crippen LogP contribution in [0.4, 0.5) is 32.8 Å². The minimum absolute atomic E-state index is 0.0435. The van der Waals surface area contributed by atoms with Crippen molar-refractivity contribution < 1.29 is 4.39 Å². The van der Waals surface area contributed by atoms with Crippen LogP contribution in [-0.2, 0) is 0 Å². The average molecular weight is 558 g/mol. The fourth-order valence-electron chi connectivity index (χ4n) is 7.05. The van der Waals surface area contributed by atoms with E-state index in [9.17, 15) is 0 Å². The van der Waals surface area contributed by atoms with E-state index in [4.69, 9.17) is 0 Å². The lowest BCUT2D eigenvalue weighted by molar-refractivity contribution is 0.631. The molecule has 198 valence electrons. The summed E-state index contributed by atoms with van der Waals surface area (Å²) in [5, 5.41) is 3.88. The van der Waals surface area contributed by atoms with Crippen LogP contribution in [0.1, 0.15) is 5.56 Å². The number of halogens is 1. The van der Waals surface area contributed by atoms with E-state index in [1.807, 2.05) is 23.9 Å². The largest absolute Gasteiger partial charge is 0.356 e. The molecule has 2 nitrogen and oxygen atoms in total. The molecule has 3 aliphatic rings. The molecule has 0 radical (unpaired) electrons. The van der Waals surface area contributed by atoms with Crippen LogP contribution in [0.2, 0.25) is 0 Å². The van der Waals surface area contributed by atoms with Crippen molar-refractivity contribution in [1.29, 1.82) is 0 Å². The van der Waals surface area contributed by atoms with Gasteiger partial charge in [0, 0.05) is 38.0 Å². The Morgan fingerprint density at radius 3 is 2.26 bits per heavy atom. The quantitative estimate of drug-likeness (QED) is 0.215. The first-order valence-corrected chi connectivity index (χ1v) is 15.1. The highest BCUT2D eigenvalue weighted by molar-refractivity contribution is 7.99. The molecular formula is C37H24BFN2S. The van der Waals surface area contributed by atoms with Crippen molar-refractivity contribution in [3.63, 3.8) is 0 Å². The highest BCUT2D eigenvalue weighted by Crippen LogP contribution is 2.53. The number of benzene rings is 6. The maximum Gasteiger partial charge on any atom is 0.252 e. The number of hydrogen-bond donors (Lipinski definition) is 1. The van der Waals surface area contributed by atoms with E-state index in [1.165, 1.54) is 48.6 Å². The molecule has 5 heteroatoms. The van der Waals surface area contributed by atoms with Crippen LogP contribution in [0.3, 0.4) is 0 Å². The van der Waals surface area contributed by atoms with Gasteiger partial charge in [-0.3, -0.25) is 0 Å². The van der Waals surface area contributed by atoms with Crippen molar-refractivity contribution in [2.75, 3.05) is 10.2 Å². The maximum absolute atomic E-state index is 15.3. The molecule has 9 rings (SSSR count). The van der Waals surface area contributed by atoms with Crippen molar-refractivity contribution in [3.8, 4) is 22.3 Å². The summed E-state index contributed by atoms with van der Waals surface area (Å²) in [5.41, 5.74) is 14.5.